The average molecular weight is 237 g/mol. The Labute approximate surface area is 103 Å². The lowest BCUT2D eigenvalue weighted by molar-refractivity contribution is 0.241. The van der Waals surface area contributed by atoms with Gasteiger partial charge in [0.1, 0.15) is 0 Å². The Hall–Kier alpha value is -1.03. The van der Waals surface area contributed by atoms with Gasteiger partial charge in [-0.1, -0.05) is 0 Å². The van der Waals surface area contributed by atoms with Crippen LogP contribution in [0.2, 0.25) is 0 Å². The van der Waals surface area contributed by atoms with Gasteiger partial charge in [0.15, 0.2) is 5.75 Å². The van der Waals surface area contributed by atoms with Crippen LogP contribution in [-0.4, -0.2) is 21.9 Å². The van der Waals surface area contributed by atoms with Crippen molar-refractivity contribution in [2.45, 2.75) is 58.2 Å². The van der Waals surface area contributed by atoms with Crippen molar-refractivity contribution in [1.29, 1.82) is 0 Å². The molecule has 0 atom stereocenters. The molecule has 1 fully saturated rings. The van der Waals surface area contributed by atoms with E-state index in [0.717, 1.165) is 31.1 Å². The van der Waals surface area contributed by atoms with Gasteiger partial charge in [0.25, 0.3) is 0 Å². The summed E-state index contributed by atoms with van der Waals surface area (Å²) in [5.74, 6) is 1.59. The summed E-state index contributed by atoms with van der Waals surface area (Å²) in [5, 5.41) is 4.34. The summed E-state index contributed by atoms with van der Waals surface area (Å²) in [6.45, 7) is 5.05. The molecule has 0 saturated heterocycles. The van der Waals surface area contributed by atoms with Crippen LogP contribution in [0, 0.1) is 5.92 Å². The quantitative estimate of drug-likeness (QED) is 0.873. The largest absolute Gasteiger partial charge is 0.488 e. The third kappa shape index (κ3) is 3.73. The van der Waals surface area contributed by atoms with Crippen LogP contribution in [0.25, 0.3) is 0 Å². The molecule has 4 nitrogen and oxygen atoms in total. The van der Waals surface area contributed by atoms with Gasteiger partial charge in [-0.3, -0.25) is 4.68 Å². The monoisotopic (exact) mass is 237 g/mol. The fourth-order valence-electron chi connectivity index (χ4n) is 2.41. The number of nitrogens with zero attached hydrogens (tertiary/aromatic N) is 2. The van der Waals surface area contributed by atoms with E-state index in [1.54, 1.807) is 6.20 Å². The van der Waals surface area contributed by atoms with Gasteiger partial charge in [-0.2, -0.15) is 5.10 Å². The van der Waals surface area contributed by atoms with E-state index in [2.05, 4.69) is 5.10 Å². The van der Waals surface area contributed by atoms with Crippen molar-refractivity contribution in [1.82, 2.24) is 9.78 Å². The molecule has 0 amide bonds. The van der Waals surface area contributed by atoms with Crippen LogP contribution in [0.15, 0.2) is 12.4 Å². The molecule has 2 rings (SSSR count). The molecule has 1 aromatic rings. The molecule has 0 bridgehead atoms. The van der Waals surface area contributed by atoms with Crippen molar-refractivity contribution in [2.24, 2.45) is 11.7 Å². The molecule has 0 aromatic carbocycles. The van der Waals surface area contributed by atoms with E-state index in [4.69, 9.17) is 10.5 Å². The standard InChI is InChI=1S/C13H23N3O/c1-10(2)17-13-7-15-16(9-13)8-11-3-5-12(14)6-4-11/h7,9-12H,3-6,8,14H2,1-2H3. The van der Waals surface area contributed by atoms with Crippen LogP contribution in [0.1, 0.15) is 39.5 Å². The highest BCUT2D eigenvalue weighted by Crippen LogP contribution is 2.25. The van der Waals surface area contributed by atoms with Gasteiger partial charge in [0.2, 0.25) is 0 Å². The summed E-state index contributed by atoms with van der Waals surface area (Å²) in [6.07, 6.45) is 8.76. The summed E-state index contributed by atoms with van der Waals surface area (Å²) >= 11 is 0. The molecule has 1 heterocycles. The summed E-state index contributed by atoms with van der Waals surface area (Å²) in [5.41, 5.74) is 5.91. The van der Waals surface area contributed by atoms with Gasteiger partial charge in [0, 0.05) is 12.6 Å². The second-order valence-corrected chi connectivity index (χ2v) is 5.35. The Kier molecular flexibility index (Phi) is 4.05. The van der Waals surface area contributed by atoms with Crippen LogP contribution in [0.3, 0.4) is 0 Å². The summed E-state index contributed by atoms with van der Waals surface area (Å²) in [4.78, 5) is 0. The van der Waals surface area contributed by atoms with Crippen LogP contribution in [0.5, 0.6) is 5.75 Å². The highest BCUT2D eigenvalue weighted by atomic mass is 16.5. The average Bonchev–Trinajstić information content (AvgIpc) is 2.68. The predicted octanol–water partition coefficient (Wildman–Crippen LogP) is 2.19. The van der Waals surface area contributed by atoms with Crippen molar-refractivity contribution < 1.29 is 4.74 Å². The first-order valence-electron chi connectivity index (χ1n) is 6.58. The lowest BCUT2D eigenvalue weighted by Gasteiger charge is -2.25. The number of ether oxygens (including phenoxy) is 1. The molecule has 1 aliphatic carbocycles. The maximum absolute atomic E-state index is 5.91. The third-order valence-electron chi connectivity index (χ3n) is 3.32. The van der Waals surface area contributed by atoms with Gasteiger partial charge >= 0.3 is 0 Å². The van der Waals surface area contributed by atoms with Crippen LogP contribution in [0.4, 0.5) is 0 Å². The zero-order valence-electron chi connectivity index (χ0n) is 10.8. The Morgan fingerprint density at radius 2 is 2.12 bits per heavy atom. The first-order chi connectivity index (χ1) is 8.13. The molecule has 0 spiro atoms. The number of nitrogens with two attached hydrogens (primary N) is 1. The minimum absolute atomic E-state index is 0.209. The van der Waals surface area contributed by atoms with Gasteiger partial charge in [0.05, 0.1) is 18.5 Å². The molecule has 0 aliphatic heterocycles. The molecule has 96 valence electrons. The van der Waals surface area contributed by atoms with Crippen molar-refractivity contribution >= 4 is 0 Å². The highest BCUT2D eigenvalue weighted by molar-refractivity contribution is 5.11. The second-order valence-electron chi connectivity index (χ2n) is 5.35. The summed E-state index contributed by atoms with van der Waals surface area (Å²) < 4.78 is 7.60. The lowest BCUT2D eigenvalue weighted by atomic mass is 9.86. The van der Waals surface area contributed by atoms with Crippen molar-refractivity contribution in [3.8, 4) is 5.75 Å². The van der Waals surface area contributed by atoms with Gasteiger partial charge < -0.3 is 10.5 Å². The van der Waals surface area contributed by atoms with Crippen LogP contribution in [-0.2, 0) is 6.54 Å². The highest BCUT2D eigenvalue weighted by Gasteiger charge is 2.19. The molecule has 17 heavy (non-hydrogen) atoms. The first-order valence-corrected chi connectivity index (χ1v) is 6.58. The first kappa shape index (κ1) is 12.4. The Morgan fingerprint density at radius 1 is 1.41 bits per heavy atom. The lowest BCUT2D eigenvalue weighted by Crippen LogP contribution is -2.28. The predicted molar refractivity (Wildman–Crippen MR) is 67.9 cm³/mol. The van der Waals surface area contributed by atoms with Crippen molar-refractivity contribution in [3.63, 3.8) is 0 Å². The molecular formula is C13H23N3O. The topological polar surface area (TPSA) is 53.1 Å². The van der Waals surface area contributed by atoms with E-state index in [9.17, 15) is 0 Å². The number of hydrogen-bond donors (Lipinski definition) is 1. The van der Waals surface area contributed by atoms with E-state index in [0.29, 0.717) is 6.04 Å². The van der Waals surface area contributed by atoms with E-state index in [1.165, 1.54) is 12.8 Å². The summed E-state index contributed by atoms with van der Waals surface area (Å²) in [6, 6.07) is 0.420. The third-order valence-corrected chi connectivity index (χ3v) is 3.32. The zero-order valence-corrected chi connectivity index (χ0v) is 10.8. The minimum atomic E-state index is 0.209. The Balaban J connectivity index is 1.84. The molecule has 0 unspecified atom stereocenters. The molecular weight excluding hydrogens is 214 g/mol. The fourth-order valence-corrected chi connectivity index (χ4v) is 2.41. The molecule has 0 radical (unpaired) electrons. The van der Waals surface area contributed by atoms with Gasteiger partial charge in [-0.25, -0.2) is 0 Å². The maximum Gasteiger partial charge on any atom is 0.157 e. The second kappa shape index (κ2) is 5.54. The van der Waals surface area contributed by atoms with Crippen LogP contribution < -0.4 is 10.5 Å². The van der Waals surface area contributed by atoms with E-state index < -0.39 is 0 Å². The molecule has 4 heteroatoms. The Morgan fingerprint density at radius 3 is 2.76 bits per heavy atom. The minimum Gasteiger partial charge on any atom is -0.488 e. The molecule has 2 N–H and O–H groups in total. The number of hydrogen-bond acceptors (Lipinski definition) is 3. The fraction of sp³-hybridized carbons (Fsp3) is 0.769. The van der Waals surface area contributed by atoms with E-state index in [1.807, 2.05) is 24.7 Å². The SMILES string of the molecule is CC(C)Oc1cnn(CC2CCC(N)CC2)c1. The van der Waals surface area contributed by atoms with E-state index in [-0.39, 0.29) is 6.10 Å². The Bertz CT molecular complexity index is 340. The van der Waals surface area contributed by atoms with E-state index >= 15 is 0 Å². The molecule has 1 saturated carbocycles. The van der Waals surface area contributed by atoms with Crippen molar-refractivity contribution in [3.05, 3.63) is 12.4 Å². The molecule has 1 aromatic heterocycles. The molecule has 1 aliphatic rings. The number of aromatic nitrogens is 2. The summed E-state index contributed by atoms with van der Waals surface area (Å²) in [7, 11) is 0. The van der Waals surface area contributed by atoms with Gasteiger partial charge in [-0.05, 0) is 45.4 Å². The van der Waals surface area contributed by atoms with Crippen molar-refractivity contribution in [2.75, 3.05) is 0 Å². The maximum atomic E-state index is 5.91. The smallest absolute Gasteiger partial charge is 0.157 e. The van der Waals surface area contributed by atoms with Crippen LogP contribution >= 0.6 is 0 Å². The normalized spacial score (nSPS) is 25.2. The zero-order chi connectivity index (χ0) is 12.3. The number of rotatable bonds is 4. The van der Waals surface area contributed by atoms with Gasteiger partial charge in [-0.15, -0.1) is 0 Å².